The second-order valence-corrected chi connectivity index (χ2v) is 6.16. The van der Waals surface area contributed by atoms with Crippen molar-refractivity contribution < 1.29 is 19.1 Å². The SMILES string of the molecule is CCOC(=O)CNC(=O)C1CCCN(C(=O)Nc2cccs2)C1. The third-order valence-electron chi connectivity index (χ3n) is 3.54. The van der Waals surface area contributed by atoms with Crippen molar-refractivity contribution in [3.05, 3.63) is 17.5 Å². The van der Waals surface area contributed by atoms with Crippen LogP contribution in [-0.2, 0) is 14.3 Å². The number of nitrogens with zero attached hydrogens (tertiary/aromatic N) is 1. The van der Waals surface area contributed by atoms with Crippen LogP contribution < -0.4 is 10.6 Å². The monoisotopic (exact) mass is 339 g/mol. The average Bonchev–Trinajstić information content (AvgIpc) is 3.06. The van der Waals surface area contributed by atoms with Gasteiger partial charge in [-0.15, -0.1) is 11.3 Å². The van der Waals surface area contributed by atoms with Crippen molar-refractivity contribution in [2.24, 2.45) is 5.92 Å². The number of likely N-dealkylation sites (tertiary alicyclic amines) is 1. The van der Waals surface area contributed by atoms with Crippen LogP contribution in [0.3, 0.4) is 0 Å². The van der Waals surface area contributed by atoms with Gasteiger partial charge < -0.3 is 15.0 Å². The van der Waals surface area contributed by atoms with Gasteiger partial charge >= 0.3 is 12.0 Å². The summed E-state index contributed by atoms with van der Waals surface area (Å²) in [7, 11) is 0. The number of carbonyl (C=O) groups excluding carboxylic acids is 3. The Morgan fingerprint density at radius 3 is 2.96 bits per heavy atom. The van der Waals surface area contributed by atoms with Gasteiger partial charge in [-0.3, -0.25) is 14.9 Å². The van der Waals surface area contributed by atoms with Crippen molar-refractivity contribution in [1.29, 1.82) is 0 Å². The molecule has 1 unspecified atom stereocenters. The Bertz CT molecular complexity index is 547. The zero-order valence-electron chi connectivity index (χ0n) is 13.0. The highest BCUT2D eigenvalue weighted by molar-refractivity contribution is 7.14. The fraction of sp³-hybridized carbons (Fsp3) is 0.533. The van der Waals surface area contributed by atoms with Crippen LogP contribution in [0, 0.1) is 5.92 Å². The molecule has 0 aliphatic carbocycles. The van der Waals surface area contributed by atoms with Crippen molar-refractivity contribution >= 4 is 34.2 Å². The molecule has 1 aromatic heterocycles. The topological polar surface area (TPSA) is 87.7 Å². The van der Waals surface area contributed by atoms with Crippen LogP contribution in [0.4, 0.5) is 9.80 Å². The number of hydrogen-bond acceptors (Lipinski definition) is 5. The number of amides is 3. The normalized spacial score (nSPS) is 17.4. The average molecular weight is 339 g/mol. The molecule has 2 heterocycles. The molecule has 0 bridgehead atoms. The van der Waals surface area contributed by atoms with E-state index in [1.807, 2.05) is 17.5 Å². The molecule has 1 saturated heterocycles. The maximum Gasteiger partial charge on any atom is 0.325 e. The van der Waals surface area contributed by atoms with Crippen molar-refractivity contribution in [2.45, 2.75) is 19.8 Å². The molecule has 0 radical (unpaired) electrons. The molecule has 126 valence electrons. The minimum Gasteiger partial charge on any atom is -0.465 e. The van der Waals surface area contributed by atoms with E-state index in [-0.39, 0.29) is 31.0 Å². The second kappa shape index (κ2) is 8.52. The number of thiophene rings is 1. The number of urea groups is 1. The third kappa shape index (κ3) is 5.24. The number of piperidine rings is 1. The number of carbonyl (C=O) groups is 3. The van der Waals surface area contributed by atoms with Crippen molar-refractivity contribution in [2.75, 3.05) is 31.6 Å². The van der Waals surface area contributed by atoms with Crippen LogP contribution in [0.5, 0.6) is 0 Å². The number of rotatable bonds is 5. The first-order valence-electron chi connectivity index (χ1n) is 7.63. The van der Waals surface area contributed by atoms with E-state index in [2.05, 4.69) is 10.6 Å². The number of ether oxygens (including phenoxy) is 1. The van der Waals surface area contributed by atoms with Crippen LogP contribution in [0.1, 0.15) is 19.8 Å². The lowest BCUT2D eigenvalue weighted by atomic mass is 9.97. The number of hydrogen-bond donors (Lipinski definition) is 2. The molecule has 8 heteroatoms. The first-order chi connectivity index (χ1) is 11.1. The van der Waals surface area contributed by atoms with Gasteiger partial charge in [0.1, 0.15) is 6.54 Å². The van der Waals surface area contributed by atoms with E-state index in [9.17, 15) is 14.4 Å². The molecule has 23 heavy (non-hydrogen) atoms. The summed E-state index contributed by atoms with van der Waals surface area (Å²) in [6, 6.07) is 3.49. The molecule has 2 N–H and O–H groups in total. The maximum atomic E-state index is 12.2. The van der Waals surface area contributed by atoms with E-state index in [0.29, 0.717) is 19.5 Å². The highest BCUT2D eigenvalue weighted by Gasteiger charge is 2.28. The van der Waals surface area contributed by atoms with Gasteiger partial charge in [0.2, 0.25) is 5.91 Å². The highest BCUT2D eigenvalue weighted by Crippen LogP contribution is 2.20. The van der Waals surface area contributed by atoms with Gasteiger partial charge in [0, 0.05) is 13.1 Å². The Kier molecular flexibility index (Phi) is 6.40. The highest BCUT2D eigenvalue weighted by atomic mass is 32.1. The Morgan fingerprint density at radius 2 is 2.26 bits per heavy atom. The summed E-state index contributed by atoms with van der Waals surface area (Å²) in [6.07, 6.45) is 1.47. The van der Waals surface area contributed by atoms with Crippen LogP contribution in [-0.4, -0.2) is 49.0 Å². The Morgan fingerprint density at radius 1 is 1.43 bits per heavy atom. The molecule has 0 spiro atoms. The summed E-state index contributed by atoms with van der Waals surface area (Å²) in [4.78, 5) is 37.2. The van der Waals surface area contributed by atoms with Crippen LogP contribution in [0.15, 0.2) is 17.5 Å². The van der Waals surface area contributed by atoms with Gasteiger partial charge in [0.25, 0.3) is 0 Å². The number of esters is 1. The summed E-state index contributed by atoms with van der Waals surface area (Å²) in [6.45, 7) is 2.84. The third-order valence-corrected chi connectivity index (χ3v) is 4.33. The molecule has 1 aromatic rings. The van der Waals surface area contributed by atoms with Gasteiger partial charge in [-0.05, 0) is 37.3 Å². The minimum atomic E-state index is -0.455. The molecule has 0 saturated carbocycles. The largest absolute Gasteiger partial charge is 0.465 e. The van der Waals surface area contributed by atoms with Crippen molar-refractivity contribution in [1.82, 2.24) is 10.2 Å². The minimum absolute atomic E-state index is 0.134. The molecule has 7 nitrogen and oxygen atoms in total. The number of anilines is 1. The van der Waals surface area contributed by atoms with E-state index in [4.69, 9.17) is 4.74 Å². The van der Waals surface area contributed by atoms with Gasteiger partial charge in [-0.2, -0.15) is 0 Å². The van der Waals surface area contributed by atoms with Crippen LogP contribution in [0.25, 0.3) is 0 Å². The summed E-state index contributed by atoms with van der Waals surface area (Å²) in [5, 5.41) is 8.06. The lowest BCUT2D eigenvalue weighted by molar-refractivity contribution is -0.144. The van der Waals surface area contributed by atoms with Gasteiger partial charge in [-0.1, -0.05) is 0 Å². The second-order valence-electron chi connectivity index (χ2n) is 5.22. The van der Waals surface area contributed by atoms with E-state index in [1.165, 1.54) is 11.3 Å². The maximum absolute atomic E-state index is 12.2. The van der Waals surface area contributed by atoms with Crippen molar-refractivity contribution in [3.8, 4) is 0 Å². The summed E-state index contributed by atoms with van der Waals surface area (Å²) < 4.78 is 4.77. The lowest BCUT2D eigenvalue weighted by Crippen LogP contribution is -2.47. The quantitative estimate of drug-likeness (QED) is 0.799. The summed E-state index contributed by atoms with van der Waals surface area (Å²) in [5.74, 6) is -0.970. The smallest absolute Gasteiger partial charge is 0.325 e. The zero-order chi connectivity index (χ0) is 16.7. The molecule has 3 amide bonds. The predicted molar refractivity (Wildman–Crippen MR) is 87.3 cm³/mol. The zero-order valence-corrected chi connectivity index (χ0v) is 13.9. The van der Waals surface area contributed by atoms with E-state index in [1.54, 1.807) is 11.8 Å². The number of nitrogens with one attached hydrogen (secondary N) is 2. The van der Waals surface area contributed by atoms with Crippen LogP contribution in [0.2, 0.25) is 0 Å². The molecule has 1 aliphatic rings. The summed E-state index contributed by atoms with van der Waals surface area (Å²) in [5.41, 5.74) is 0. The first kappa shape index (κ1) is 17.3. The Labute approximate surface area is 139 Å². The predicted octanol–water partition coefficient (Wildman–Crippen LogP) is 1.67. The molecular formula is C15H21N3O4S. The lowest BCUT2D eigenvalue weighted by Gasteiger charge is -2.31. The van der Waals surface area contributed by atoms with E-state index < -0.39 is 5.97 Å². The van der Waals surface area contributed by atoms with E-state index >= 15 is 0 Å². The molecule has 2 rings (SSSR count). The molecule has 1 aliphatic heterocycles. The Balaban J connectivity index is 1.81. The van der Waals surface area contributed by atoms with Gasteiger partial charge in [0.15, 0.2) is 0 Å². The Hall–Kier alpha value is -2.09. The fourth-order valence-electron chi connectivity index (χ4n) is 2.43. The van der Waals surface area contributed by atoms with Gasteiger partial charge in [-0.25, -0.2) is 4.79 Å². The summed E-state index contributed by atoms with van der Waals surface area (Å²) >= 11 is 1.45. The molecule has 1 atom stereocenters. The molecule has 0 aromatic carbocycles. The van der Waals surface area contributed by atoms with Crippen LogP contribution >= 0.6 is 11.3 Å². The first-order valence-corrected chi connectivity index (χ1v) is 8.51. The standard InChI is InChI=1S/C15H21N3O4S/c1-2-22-13(19)9-16-14(20)11-5-3-7-18(10-11)15(21)17-12-6-4-8-23-12/h4,6,8,11H,2-3,5,7,9-10H2,1H3,(H,16,20)(H,17,21). The molecule has 1 fully saturated rings. The van der Waals surface area contributed by atoms with Crippen molar-refractivity contribution in [3.63, 3.8) is 0 Å². The van der Waals surface area contributed by atoms with Gasteiger partial charge in [0.05, 0.1) is 17.5 Å². The molecular weight excluding hydrogens is 318 g/mol. The van der Waals surface area contributed by atoms with E-state index in [0.717, 1.165) is 11.4 Å². The fourth-order valence-corrected chi connectivity index (χ4v) is 3.03.